The second-order valence-corrected chi connectivity index (χ2v) is 6.47. The molecule has 4 rings (SSSR count). The molecule has 0 bridgehead atoms. The average Bonchev–Trinajstić information content (AvgIpc) is 2.74. The number of aromatic nitrogens is 3. The van der Waals surface area contributed by atoms with Crippen LogP contribution < -0.4 is 10.2 Å². The second kappa shape index (κ2) is 7.99. The highest BCUT2D eigenvalue weighted by Crippen LogP contribution is 2.18. The van der Waals surface area contributed by atoms with Crippen LogP contribution in [0.3, 0.4) is 0 Å². The first-order valence-electron chi connectivity index (χ1n) is 9.18. The molecule has 27 heavy (non-hydrogen) atoms. The van der Waals surface area contributed by atoms with E-state index in [9.17, 15) is 4.79 Å². The first-order valence-corrected chi connectivity index (χ1v) is 9.18. The fourth-order valence-corrected chi connectivity index (χ4v) is 3.32. The van der Waals surface area contributed by atoms with Gasteiger partial charge in [-0.05, 0) is 24.3 Å². The molecule has 7 nitrogen and oxygen atoms in total. The Morgan fingerprint density at radius 1 is 0.963 bits per heavy atom. The third-order valence-electron chi connectivity index (χ3n) is 4.78. The Balaban J connectivity index is 1.28. The highest BCUT2D eigenvalue weighted by atomic mass is 16.2. The number of piperazine rings is 1. The molecule has 0 radical (unpaired) electrons. The molecular weight excluding hydrogens is 340 g/mol. The molecule has 1 N–H and O–H groups in total. The molecule has 0 atom stereocenters. The summed E-state index contributed by atoms with van der Waals surface area (Å²) in [5.74, 6) is 1.91. The lowest BCUT2D eigenvalue weighted by atomic mass is 10.2. The van der Waals surface area contributed by atoms with Gasteiger partial charge in [-0.25, -0.2) is 15.0 Å². The number of pyridine rings is 1. The number of nitrogens with zero attached hydrogens (tertiary/aromatic N) is 5. The van der Waals surface area contributed by atoms with E-state index in [1.807, 2.05) is 47.4 Å². The van der Waals surface area contributed by atoms with Crippen molar-refractivity contribution in [3.63, 3.8) is 0 Å². The Labute approximate surface area is 158 Å². The van der Waals surface area contributed by atoms with Crippen LogP contribution in [0.25, 0.3) is 10.9 Å². The molecule has 3 aromatic rings. The predicted octanol–water partition coefficient (Wildman–Crippen LogP) is 2.18. The number of fused-ring (bicyclic) bond motifs is 1. The zero-order chi connectivity index (χ0) is 18.5. The molecule has 1 fully saturated rings. The van der Waals surface area contributed by atoms with Crippen molar-refractivity contribution in [2.75, 3.05) is 42.9 Å². The summed E-state index contributed by atoms with van der Waals surface area (Å²) >= 11 is 0. The molecule has 1 saturated heterocycles. The van der Waals surface area contributed by atoms with Crippen molar-refractivity contribution in [3.05, 3.63) is 55.0 Å². The van der Waals surface area contributed by atoms with Crippen LogP contribution in [-0.4, -0.2) is 58.5 Å². The van der Waals surface area contributed by atoms with Gasteiger partial charge in [0.25, 0.3) is 0 Å². The number of carbonyl (C=O) groups excluding carboxylic acids is 1. The number of nitrogens with one attached hydrogen (secondary N) is 1. The van der Waals surface area contributed by atoms with Gasteiger partial charge in [0.05, 0.1) is 5.52 Å². The van der Waals surface area contributed by atoms with E-state index in [1.54, 1.807) is 12.5 Å². The zero-order valence-corrected chi connectivity index (χ0v) is 15.1. The van der Waals surface area contributed by atoms with Gasteiger partial charge in [0, 0.05) is 50.7 Å². The number of para-hydroxylation sites is 1. The molecule has 2 aromatic heterocycles. The molecule has 3 heterocycles. The lowest BCUT2D eigenvalue weighted by Gasteiger charge is -2.35. The van der Waals surface area contributed by atoms with Crippen LogP contribution in [0.2, 0.25) is 0 Å². The molecule has 7 heteroatoms. The molecule has 1 aromatic carbocycles. The van der Waals surface area contributed by atoms with Crippen molar-refractivity contribution in [2.24, 2.45) is 0 Å². The van der Waals surface area contributed by atoms with Crippen molar-refractivity contribution in [1.29, 1.82) is 0 Å². The summed E-state index contributed by atoms with van der Waals surface area (Å²) in [6, 6.07) is 13.8. The number of rotatable bonds is 5. The molecule has 138 valence electrons. The summed E-state index contributed by atoms with van der Waals surface area (Å²) in [5, 5.41) is 4.24. The van der Waals surface area contributed by atoms with Crippen molar-refractivity contribution in [1.82, 2.24) is 19.9 Å². The largest absolute Gasteiger partial charge is 0.369 e. The summed E-state index contributed by atoms with van der Waals surface area (Å²) < 4.78 is 0. The first kappa shape index (κ1) is 17.2. The summed E-state index contributed by atoms with van der Waals surface area (Å²) in [4.78, 5) is 29.6. The number of benzene rings is 1. The SMILES string of the molecule is O=C(CCNc1ncnc2ccccc12)N1CCN(c2ccccn2)CC1. The van der Waals surface area contributed by atoms with E-state index in [1.165, 1.54) is 0 Å². The quantitative estimate of drug-likeness (QED) is 0.750. The first-order chi connectivity index (χ1) is 13.3. The van der Waals surface area contributed by atoms with Crippen LogP contribution >= 0.6 is 0 Å². The van der Waals surface area contributed by atoms with Crippen LogP contribution in [0.1, 0.15) is 6.42 Å². The minimum atomic E-state index is 0.168. The van der Waals surface area contributed by atoms with E-state index in [0.29, 0.717) is 13.0 Å². The Kier molecular flexibility index (Phi) is 5.09. The van der Waals surface area contributed by atoms with Crippen LogP contribution in [0.5, 0.6) is 0 Å². The number of carbonyl (C=O) groups is 1. The number of anilines is 2. The lowest BCUT2D eigenvalue weighted by molar-refractivity contribution is -0.131. The number of hydrogen-bond acceptors (Lipinski definition) is 6. The van der Waals surface area contributed by atoms with Gasteiger partial charge in [-0.3, -0.25) is 4.79 Å². The highest BCUT2D eigenvalue weighted by Gasteiger charge is 2.21. The molecular formula is C20H22N6O. The van der Waals surface area contributed by atoms with Gasteiger partial charge in [-0.1, -0.05) is 18.2 Å². The molecule has 1 aliphatic heterocycles. The Morgan fingerprint density at radius 2 is 1.78 bits per heavy atom. The third kappa shape index (κ3) is 3.97. The fraction of sp³-hybridized carbons (Fsp3) is 0.300. The van der Waals surface area contributed by atoms with Crippen molar-refractivity contribution >= 4 is 28.4 Å². The molecule has 0 saturated carbocycles. The minimum absolute atomic E-state index is 0.168. The van der Waals surface area contributed by atoms with Gasteiger partial charge in [-0.15, -0.1) is 0 Å². The van der Waals surface area contributed by atoms with Gasteiger partial charge in [0.1, 0.15) is 18.0 Å². The fourth-order valence-electron chi connectivity index (χ4n) is 3.32. The van der Waals surface area contributed by atoms with Gasteiger partial charge in [-0.2, -0.15) is 0 Å². The normalized spacial score (nSPS) is 14.4. The zero-order valence-electron chi connectivity index (χ0n) is 15.1. The summed E-state index contributed by atoms with van der Waals surface area (Å²) in [6.45, 7) is 3.64. The topological polar surface area (TPSA) is 74.2 Å². The van der Waals surface area contributed by atoms with E-state index in [4.69, 9.17) is 0 Å². The monoisotopic (exact) mass is 362 g/mol. The van der Waals surface area contributed by atoms with Gasteiger partial charge >= 0.3 is 0 Å². The Morgan fingerprint density at radius 3 is 2.59 bits per heavy atom. The maximum Gasteiger partial charge on any atom is 0.224 e. The van der Waals surface area contributed by atoms with E-state index >= 15 is 0 Å². The summed E-state index contributed by atoms with van der Waals surface area (Å²) in [6.07, 6.45) is 3.79. The number of hydrogen-bond donors (Lipinski definition) is 1. The molecule has 1 aliphatic rings. The van der Waals surface area contributed by atoms with Crippen LogP contribution in [-0.2, 0) is 4.79 Å². The van der Waals surface area contributed by atoms with Crippen molar-refractivity contribution < 1.29 is 4.79 Å². The molecule has 0 aliphatic carbocycles. The van der Waals surface area contributed by atoms with Crippen LogP contribution in [0.4, 0.5) is 11.6 Å². The summed E-state index contributed by atoms with van der Waals surface area (Å²) in [7, 11) is 0. The van der Waals surface area contributed by atoms with Crippen LogP contribution in [0.15, 0.2) is 55.0 Å². The Bertz CT molecular complexity index is 903. The lowest BCUT2D eigenvalue weighted by Crippen LogP contribution is -2.49. The van der Waals surface area contributed by atoms with Gasteiger partial charge in [0.2, 0.25) is 5.91 Å². The predicted molar refractivity (Wildman–Crippen MR) is 106 cm³/mol. The minimum Gasteiger partial charge on any atom is -0.369 e. The molecule has 1 amide bonds. The smallest absolute Gasteiger partial charge is 0.224 e. The molecule has 0 spiro atoms. The maximum atomic E-state index is 12.5. The van der Waals surface area contributed by atoms with E-state index in [2.05, 4.69) is 25.2 Å². The average molecular weight is 362 g/mol. The van der Waals surface area contributed by atoms with E-state index < -0.39 is 0 Å². The maximum absolute atomic E-state index is 12.5. The van der Waals surface area contributed by atoms with Crippen LogP contribution in [0, 0.1) is 0 Å². The highest BCUT2D eigenvalue weighted by molar-refractivity contribution is 5.88. The van der Waals surface area contributed by atoms with Crippen molar-refractivity contribution in [2.45, 2.75) is 6.42 Å². The number of amides is 1. The van der Waals surface area contributed by atoms with E-state index in [-0.39, 0.29) is 5.91 Å². The van der Waals surface area contributed by atoms with E-state index in [0.717, 1.165) is 48.7 Å². The summed E-state index contributed by atoms with van der Waals surface area (Å²) in [5.41, 5.74) is 0.895. The Hall–Kier alpha value is -3.22. The van der Waals surface area contributed by atoms with Gasteiger partial charge in [0.15, 0.2) is 0 Å². The third-order valence-corrected chi connectivity index (χ3v) is 4.78. The van der Waals surface area contributed by atoms with Gasteiger partial charge < -0.3 is 15.1 Å². The standard InChI is InChI=1S/C20H22N6O/c27-19(26-13-11-25(12-14-26)18-7-3-4-9-21-18)8-10-22-20-16-5-1-2-6-17(16)23-15-24-20/h1-7,9,15H,8,10-14H2,(H,22,23,24). The second-order valence-electron chi connectivity index (χ2n) is 6.47. The van der Waals surface area contributed by atoms with Crippen molar-refractivity contribution in [3.8, 4) is 0 Å². The molecule has 0 unspecified atom stereocenters.